The van der Waals surface area contributed by atoms with E-state index in [0.29, 0.717) is 46.2 Å². The smallest absolute Gasteiger partial charge is 0.339 e. The predicted octanol–water partition coefficient (Wildman–Crippen LogP) is 5.17. The SMILES string of the molecule is COc1c(CC=C(C)C)c(O)c(C(=O)C2=CCC[C@@H](C)[C@H]2[C@H](C)O)c2oc(=O)c(C)c(C)c12. The molecule has 0 unspecified atom stereocenters. The fourth-order valence-corrected chi connectivity index (χ4v) is 4.88. The summed E-state index contributed by atoms with van der Waals surface area (Å²) in [5.41, 5.74) is 2.43. The Balaban J connectivity index is 2.43. The molecule has 1 heterocycles. The molecule has 0 saturated carbocycles. The average Bonchev–Trinajstić information content (AvgIpc) is 2.75. The molecule has 0 fully saturated rings. The Morgan fingerprint density at radius 1 is 1.30 bits per heavy atom. The number of carbonyl (C=O) groups is 1. The van der Waals surface area contributed by atoms with Crippen LogP contribution in [-0.2, 0) is 6.42 Å². The summed E-state index contributed by atoms with van der Waals surface area (Å²) in [6.45, 7) is 11.0. The van der Waals surface area contributed by atoms with Crippen molar-refractivity contribution in [1.82, 2.24) is 0 Å². The maximum absolute atomic E-state index is 13.9. The number of rotatable bonds is 6. The minimum absolute atomic E-state index is 0.0202. The van der Waals surface area contributed by atoms with Crippen molar-refractivity contribution in [3.8, 4) is 11.5 Å². The van der Waals surface area contributed by atoms with Crippen molar-refractivity contribution >= 4 is 16.8 Å². The summed E-state index contributed by atoms with van der Waals surface area (Å²) < 4.78 is 11.3. The van der Waals surface area contributed by atoms with Crippen LogP contribution < -0.4 is 10.4 Å². The standard InChI is InChI=1S/C27H34O6/c1-13(2)11-12-19-24(30)22(23(29)18-10-8-9-14(3)20(18)17(6)28)26-21(25(19)32-7)15(4)16(5)27(31)33-26/h10-11,14,17,20,28,30H,8-9,12H2,1-7H3/t14-,17+,20+/m1/s1. The Kier molecular flexibility index (Phi) is 7.17. The van der Waals surface area contributed by atoms with Crippen LogP contribution in [0, 0.1) is 25.7 Å². The number of phenolic OH excluding ortho intramolecular Hbond substituents is 1. The molecule has 1 aliphatic carbocycles. The molecule has 178 valence electrons. The highest BCUT2D eigenvalue weighted by Gasteiger charge is 2.36. The summed E-state index contributed by atoms with van der Waals surface area (Å²) >= 11 is 0. The van der Waals surface area contributed by atoms with Crippen LogP contribution in [0.15, 0.2) is 32.5 Å². The zero-order chi connectivity index (χ0) is 24.6. The number of phenols is 1. The molecule has 6 heteroatoms. The van der Waals surface area contributed by atoms with Crippen LogP contribution >= 0.6 is 0 Å². The van der Waals surface area contributed by atoms with Crippen molar-refractivity contribution in [3.63, 3.8) is 0 Å². The molecule has 0 aliphatic heterocycles. The van der Waals surface area contributed by atoms with Gasteiger partial charge in [0.05, 0.1) is 18.6 Å². The van der Waals surface area contributed by atoms with Crippen LogP contribution in [0.1, 0.15) is 67.6 Å². The molecule has 0 spiro atoms. The fraction of sp³-hybridized carbons (Fsp3) is 0.481. The predicted molar refractivity (Wildman–Crippen MR) is 129 cm³/mol. The van der Waals surface area contributed by atoms with Gasteiger partial charge in [0, 0.05) is 22.6 Å². The Hall–Kier alpha value is -2.86. The van der Waals surface area contributed by atoms with E-state index in [9.17, 15) is 19.8 Å². The highest BCUT2D eigenvalue weighted by atomic mass is 16.5. The van der Waals surface area contributed by atoms with E-state index in [4.69, 9.17) is 9.15 Å². The summed E-state index contributed by atoms with van der Waals surface area (Å²) in [4.78, 5) is 26.5. The maximum Gasteiger partial charge on any atom is 0.339 e. The molecule has 3 atom stereocenters. The lowest BCUT2D eigenvalue weighted by Gasteiger charge is -2.32. The van der Waals surface area contributed by atoms with E-state index in [1.54, 1.807) is 20.8 Å². The highest BCUT2D eigenvalue weighted by molar-refractivity contribution is 6.18. The zero-order valence-electron chi connectivity index (χ0n) is 20.5. The van der Waals surface area contributed by atoms with Crippen LogP contribution in [0.2, 0.25) is 0 Å². The molecular formula is C27H34O6. The Morgan fingerprint density at radius 2 is 1.97 bits per heavy atom. The molecule has 1 aliphatic rings. The number of benzene rings is 1. The number of ether oxygens (including phenoxy) is 1. The third-order valence-electron chi connectivity index (χ3n) is 6.80. The second kappa shape index (κ2) is 9.56. The largest absolute Gasteiger partial charge is 0.507 e. The first kappa shape index (κ1) is 24.8. The normalized spacial score (nSPS) is 19.2. The molecule has 0 saturated heterocycles. The number of fused-ring (bicyclic) bond motifs is 1. The second-order valence-electron chi connectivity index (χ2n) is 9.37. The number of ketones is 1. The van der Waals surface area contributed by atoms with Crippen LogP contribution in [-0.4, -0.2) is 29.2 Å². The summed E-state index contributed by atoms with van der Waals surface area (Å²) in [5, 5.41) is 22.3. The molecule has 2 aromatic rings. The number of aliphatic hydroxyl groups is 1. The van der Waals surface area contributed by atoms with Gasteiger partial charge in [0.1, 0.15) is 17.1 Å². The number of hydrogen-bond acceptors (Lipinski definition) is 6. The van der Waals surface area contributed by atoms with E-state index in [1.165, 1.54) is 7.11 Å². The molecule has 6 nitrogen and oxygen atoms in total. The van der Waals surface area contributed by atoms with E-state index in [0.717, 1.165) is 12.0 Å². The third-order valence-corrected chi connectivity index (χ3v) is 6.80. The van der Waals surface area contributed by atoms with Crippen molar-refractivity contribution in [2.75, 3.05) is 7.11 Å². The van der Waals surface area contributed by atoms with E-state index >= 15 is 0 Å². The highest BCUT2D eigenvalue weighted by Crippen LogP contribution is 2.45. The first-order valence-corrected chi connectivity index (χ1v) is 11.4. The number of methoxy groups -OCH3 is 1. The fourth-order valence-electron chi connectivity index (χ4n) is 4.88. The summed E-state index contributed by atoms with van der Waals surface area (Å²) in [7, 11) is 1.50. The molecule has 1 aromatic heterocycles. The first-order chi connectivity index (χ1) is 15.5. The van der Waals surface area contributed by atoms with Crippen molar-refractivity contribution in [2.24, 2.45) is 11.8 Å². The van der Waals surface area contributed by atoms with E-state index in [2.05, 4.69) is 0 Å². The second-order valence-corrected chi connectivity index (χ2v) is 9.37. The van der Waals surface area contributed by atoms with Gasteiger partial charge in [-0.15, -0.1) is 0 Å². The Labute approximate surface area is 194 Å². The van der Waals surface area contributed by atoms with Gasteiger partial charge in [-0.05, 0) is 65.4 Å². The minimum atomic E-state index is -0.733. The number of Topliss-reactive ketones (excluding diaryl/α,β-unsaturated/α-hetero) is 1. The molecule has 2 N–H and O–H groups in total. The van der Waals surface area contributed by atoms with Crippen LogP contribution in [0.4, 0.5) is 0 Å². The number of aliphatic hydroxyl groups excluding tert-OH is 1. The van der Waals surface area contributed by atoms with Gasteiger partial charge in [-0.25, -0.2) is 4.79 Å². The van der Waals surface area contributed by atoms with Crippen molar-refractivity contribution < 1.29 is 24.2 Å². The van der Waals surface area contributed by atoms with Crippen molar-refractivity contribution in [1.29, 1.82) is 0 Å². The van der Waals surface area contributed by atoms with E-state index in [1.807, 2.05) is 32.9 Å². The molecule has 3 rings (SSSR count). The number of carbonyl (C=O) groups excluding carboxylic acids is 1. The van der Waals surface area contributed by atoms with Crippen LogP contribution in [0.25, 0.3) is 11.0 Å². The van der Waals surface area contributed by atoms with E-state index in [-0.39, 0.29) is 28.7 Å². The van der Waals surface area contributed by atoms with Gasteiger partial charge < -0.3 is 19.4 Å². The number of aromatic hydroxyl groups is 1. The third kappa shape index (κ3) is 4.36. The number of aryl methyl sites for hydroxylation is 1. The lowest BCUT2D eigenvalue weighted by atomic mass is 9.74. The minimum Gasteiger partial charge on any atom is -0.507 e. The lowest BCUT2D eigenvalue weighted by Crippen LogP contribution is -2.32. The molecule has 0 radical (unpaired) electrons. The quantitative estimate of drug-likeness (QED) is 0.355. The summed E-state index contributed by atoms with van der Waals surface area (Å²) in [5.74, 6) is -0.567. The molecular weight excluding hydrogens is 420 g/mol. The zero-order valence-corrected chi connectivity index (χ0v) is 20.5. The van der Waals surface area contributed by atoms with Gasteiger partial charge in [0.15, 0.2) is 11.4 Å². The van der Waals surface area contributed by atoms with Crippen LogP contribution in [0.5, 0.6) is 11.5 Å². The van der Waals surface area contributed by atoms with Gasteiger partial charge >= 0.3 is 5.63 Å². The van der Waals surface area contributed by atoms with Gasteiger partial charge in [-0.3, -0.25) is 4.79 Å². The molecule has 0 amide bonds. The topological polar surface area (TPSA) is 97.0 Å². The van der Waals surface area contributed by atoms with Gasteiger partial charge in [-0.2, -0.15) is 0 Å². The molecule has 33 heavy (non-hydrogen) atoms. The maximum atomic E-state index is 13.9. The summed E-state index contributed by atoms with van der Waals surface area (Å²) in [6.07, 6.45) is 4.96. The monoisotopic (exact) mass is 454 g/mol. The van der Waals surface area contributed by atoms with Gasteiger partial charge in [-0.1, -0.05) is 24.6 Å². The Bertz CT molecular complexity index is 1210. The number of hydrogen-bond donors (Lipinski definition) is 2. The lowest BCUT2D eigenvalue weighted by molar-refractivity contribution is 0.0859. The first-order valence-electron chi connectivity index (χ1n) is 11.4. The van der Waals surface area contributed by atoms with Crippen molar-refractivity contribution in [3.05, 3.63) is 56.0 Å². The number of allylic oxidation sites excluding steroid dienone is 3. The van der Waals surface area contributed by atoms with Crippen LogP contribution in [0.3, 0.4) is 0 Å². The Morgan fingerprint density at radius 3 is 2.55 bits per heavy atom. The molecule has 1 aromatic carbocycles. The van der Waals surface area contributed by atoms with Gasteiger partial charge in [0.25, 0.3) is 0 Å². The van der Waals surface area contributed by atoms with Crippen molar-refractivity contribution in [2.45, 2.75) is 66.9 Å². The van der Waals surface area contributed by atoms with Gasteiger partial charge in [0.2, 0.25) is 0 Å². The average molecular weight is 455 g/mol. The molecule has 0 bridgehead atoms. The van der Waals surface area contributed by atoms with E-state index < -0.39 is 17.5 Å². The summed E-state index contributed by atoms with van der Waals surface area (Å²) in [6, 6.07) is 0.